The quantitative estimate of drug-likeness (QED) is 0.845. The number of nitrogens with one attached hydrogen (secondary N) is 1. The van der Waals surface area contributed by atoms with Crippen LogP contribution in [0.15, 0.2) is 30.3 Å². The van der Waals surface area contributed by atoms with Crippen molar-refractivity contribution >= 4 is 40.7 Å². The SMILES string of the molecule is CC1(C(=O)N2CCCC(C(=O)Nc3ccccc3)C2)CC1(Cl)Cl. The Hall–Kier alpha value is -1.26. The zero-order valence-electron chi connectivity index (χ0n) is 13.0. The number of hydrogen-bond acceptors (Lipinski definition) is 2. The second kappa shape index (κ2) is 5.99. The lowest BCUT2D eigenvalue weighted by atomic mass is 9.95. The number of anilines is 1. The summed E-state index contributed by atoms with van der Waals surface area (Å²) in [5, 5.41) is 2.91. The van der Waals surface area contributed by atoms with Crippen LogP contribution in [0.3, 0.4) is 0 Å². The molecule has 1 saturated carbocycles. The summed E-state index contributed by atoms with van der Waals surface area (Å²) in [5.41, 5.74) is 0.0594. The van der Waals surface area contributed by atoms with E-state index in [2.05, 4.69) is 5.32 Å². The van der Waals surface area contributed by atoms with Crippen LogP contribution in [0.25, 0.3) is 0 Å². The van der Waals surface area contributed by atoms with E-state index in [4.69, 9.17) is 23.2 Å². The number of hydrogen-bond donors (Lipinski definition) is 1. The zero-order valence-corrected chi connectivity index (χ0v) is 14.5. The average Bonchev–Trinajstić information content (AvgIpc) is 3.07. The van der Waals surface area contributed by atoms with Gasteiger partial charge in [0, 0.05) is 18.8 Å². The van der Waals surface area contributed by atoms with Crippen LogP contribution in [-0.4, -0.2) is 34.1 Å². The molecule has 124 valence electrons. The fourth-order valence-electron chi connectivity index (χ4n) is 3.12. The number of piperidine rings is 1. The molecule has 2 aliphatic rings. The van der Waals surface area contributed by atoms with E-state index in [0.717, 1.165) is 18.5 Å². The average molecular weight is 355 g/mol. The Kier molecular flexibility index (Phi) is 4.32. The Morgan fingerprint density at radius 3 is 2.52 bits per heavy atom. The Bertz CT molecular complexity index is 620. The Balaban J connectivity index is 1.62. The van der Waals surface area contributed by atoms with Crippen LogP contribution in [0.5, 0.6) is 0 Å². The molecule has 2 atom stereocenters. The molecule has 0 bridgehead atoms. The summed E-state index contributed by atoms with van der Waals surface area (Å²) >= 11 is 12.2. The molecule has 2 amide bonds. The molecule has 1 aromatic carbocycles. The number of carbonyl (C=O) groups is 2. The zero-order chi connectivity index (χ0) is 16.7. The van der Waals surface area contributed by atoms with Crippen LogP contribution < -0.4 is 5.32 Å². The third-order valence-corrected chi connectivity index (χ3v) is 5.95. The van der Waals surface area contributed by atoms with Gasteiger partial charge in [-0.25, -0.2) is 0 Å². The van der Waals surface area contributed by atoms with Gasteiger partial charge in [0.15, 0.2) is 0 Å². The van der Waals surface area contributed by atoms with Crippen molar-refractivity contribution in [3.8, 4) is 0 Å². The molecule has 4 nitrogen and oxygen atoms in total. The summed E-state index contributed by atoms with van der Waals surface area (Å²) in [5.74, 6) is -0.285. The van der Waals surface area contributed by atoms with Crippen molar-refractivity contribution in [1.82, 2.24) is 4.90 Å². The van der Waals surface area contributed by atoms with E-state index in [1.807, 2.05) is 30.3 Å². The fraction of sp³-hybridized carbons (Fsp3) is 0.529. The van der Waals surface area contributed by atoms with Crippen LogP contribution >= 0.6 is 23.2 Å². The Labute approximate surface area is 146 Å². The molecule has 1 N–H and O–H groups in total. The van der Waals surface area contributed by atoms with E-state index < -0.39 is 9.75 Å². The predicted octanol–water partition coefficient (Wildman–Crippen LogP) is 3.45. The molecule has 1 saturated heterocycles. The van der Waals surface area contributed by atoms with Crippen molar-refractivity contribution in [1.29, 1.82) is 0 Å². The van der Waals surface area contributed by atoms with Gasteiger partial charge in [-0.2, -0.15) is 0 Å². The number of alkyl halides is 2. The van der Waals surface area contributed by atoms with Gasteiger partial charge < -0.3 is 10.2 Å². The lowest BCUT2D eigenvalue weighted by Gasteiger charge is -2.34. The van der Waals surface area contributed by atoms with Gasteiger partial charge in [-0.15, -0.1) is 23.2 Å². The molecular weight excluding hydrogens is 335 g/mol. The maximum Gasteiger partial charge on any atom is 0.231 e. The first-order chi connectivity index (χ1) is 10.8. The summed E-state index contributed by atoms with van der Waals surface area (Å²) in [6.45, 7) is 2.88. The maximum absolute atomic E-state index is 12.6. The van der Waals surface area contributed by atoms with Gasteiger partial charge >= 0.3 is 0 Å². The number of halogens is 2. The highest BCUT2D eigenvalue weighted by Gasteiger charge is 2.68. The molecule has 3 rings (SSSR count). The van der Waals surface area contributed by atoms with Crippen LogP contribution in [0, 0.1) is 11.3 Å². The van der Waals surface area contributed by atoms with E-state index in [9.17, 15) is 9.59 Å². The van der Waals surface area contributed by atoms with Crippen LogP contribution in [0.2, 0.25) is 0 Å². The lowest BCUT2D eigenvalue weighted by Crippen LogP contribution is -2.47. The predicted molar refractivity (Wildman–Crippen MR) is 91.5 cm³/mol. The number of likely N-dealkylation sites (tertiary alicyclic amines) is 1. The molecule has 0 spiro atoms. The van der Waals surface area contributed by atoms with E-state index in [0.29, 0.717) is 19.5 Å². The largest absolute Gasteiger partial charge is 0.341 e. The molecular formula is C17H20Cl2N2O2. The highest BCUT2D eigenvalue weighted by atomic mass is 35.5. The van der Waals surface area contributed by atoms with Gasteiger partial charge in [-0.1, -0.05) is 18.2 Å². The van der Waals surface area contributed by atoms with Crippen molar-refractivity contribution in [2.75, 3.05) is 18.4 Å². The molecule has 6 heteroatoms. The molecule has 1 heterocycles. The topological polar surface area (TPSA) is 49.4 Å². The first kappa shape index (κ1) is 16.6. The highest BCUT2D eigenvalue weighted by molar-refractivity contribution is 6.53. The summed E-state index contributed by atoms with van der Waals surface area (Å²) in [6.07, 6.45) is 2.07. The molecule has 2 unspecified atom stereocenters. The van der Waals surface area contributed by atoms with Gasteiger partial charge in [-0.3, -0.25) is 9.59 Å². The smallest absolute Gasteiger partial charge is 0.231 e. The Morgan fingerprint density at radius 2 is 1.91 bits per heavy atom. The summed E-state index contributed by atoms with van der Waals surface area (Å²) in [6, 6.07) is 9.35. The minimum absolute atomic E-state index is 0.0419. The van der Waals surface area contributed by atoms with Crippen molar-refractivity contribution in [3.05, 3.63) is 30.3 Å². The van der Waals surface area contributed by atoms with Crippen molar-refractivity contribution in [3.63, 3.8) is 0 Å². The van der Waals surface area contributed by atoms with Gasteiger partial charge in [0.05, 0.1) is 11.3 Å². The number of para-hydroxylation sites is 1. The monoisotopic (exact) mass is 354 g/mol. The highest BCUT2D eigenvalue weighted by Crippen LogP contribution is 2.64. The van der Waals surface area contributed by atoms with Crippen LogP contribution in [0.1, 0.15) is 26.2 Å². The normalized spacial score (nSPS) is 29.0. The number of carbonyl (C=O) groups excluding carboxylic acids is 2. The second-order valence-electron chi connectivity index (χ2n) is 6.66. The molecule has 1 aliphatic carbocycles. The molecule has 0 aromatic heterocycles. The van der Waals surface area contributed by atoms with Gasteiger partial charge in [0.1, 0.15) is 4.33 Å². The number of benzene rings is 1. The van der Waals surface area contributed by atoms with Gasteiger partial charge in [-0.05, 0) is 38.3 Å². The third-order valence-electron chi connectivity index (χ3n) is 4.85. The fourth-order valence-corrected chi connectivity index (χ4v) is 3.82. The van der Waals surface area contributed by atoms with Gasteiger partial charge in [0.25, 0.3) is 0 Å². The van der Waals surface area contributed by atoms with Crippen LogP contribution in [-0.2, 0) is 9.59 Å². The molecule has 1 aromatic rings. The number of nitrogens with zero attached hydrogens (tertiary/aromatic N) is 1. The van der Waals surface area contributed by atoms with E-state index in [-0.39, 0.29) is 17.7 Å². The van der Waals surface area contributed by atoms with Crippen molar-refractivity contribution < 1.29 is 9.59 Å². The van der Waals surface area contributed by atoms with Crippen LogP contribution in [0.4, 0.5) is 5.69 Å². The van der Waals surface area contributed by atoms with E-state index in [1.165, 1.54) is 0 Å². The van der Waals surface area contributed by atoms with E-state index in [1.54, 1.807) is 11.8 Å². The third kappa shape index (κ3) is 3.20. The van der Waals surface area contributed by atoms with Crippen molar-refractivity contribution in [2.24, 2.45) is 11.3 Å². The van der Waals surface area contributed by atoms with Gasteiger partial charge in [0.2, 0.25) is 11.8 Å². The first-order valence-electron chi connectivity index (χ1n) is 7.87. The maximum atomic E-state index is 12.6. The standard InChI is InChI=1S/C17H20Cl2N2O2/c1-16(11-17(16,18)19)15(23)21-9-5-6-12(10-21)14(22)20-13-7-3-2-4-8-13/h2-4,7-8,12H,5-6,9-11H2,1H3,(H,20,22). The second-order valence-corrected chi connectivity index (χ2v) is 8.14. The summed E-state index contributed by atoms with van der Waals surface area (Å²) in [7, 11) is 0. The minimum atomic E-state index is -0.969. The lowest BCUT2D eigenvalue weighted by molar-refractivity contribution is -0.139. The summed E-state index contributed by atoms with van der Waals surface area (Å²) < 4.78 is -0.969. The van der Waals surface area contributed by atoms with Crippen molar-refractivity contribution in [2.45, 2.75) is 30.5 Å². The number of rotatable bonds is 3. The Morgan fingerprint density at radius 1 is 1.26 bits per heavy atom. The molecule has 2 fully saturated rings. The molecule has 23 heavy (non-hydrogen) atoms. The van der Waals surface area contributed by atoms with E-state index >= 15 is 0 Å². The minimum Gasteiger partial charge on any atom is -0.341 e. The number of amides is 2. The first-order valence-corrected chi connectivity index (χ1v) is 8.62. The molecule has 0 radical (unpaired) electrons. The molecule has 1 aliphatic heterocycles. The summed E-state index contributed by atoms with van der Waals surface area (Å²) in [4.78, 5) is 26.8.